The van der Waals surface area contributed by atoms with Gasteiger partial charge >= 0.3 is 5.97 Å². The Hall–Kier alpha value is -1.95. The maximum Gasteiger partial charge on any atom is 0.343 e. The summed E-state index contributed by atoms with van der Waals surface area (Å²) in [6, 6.07) is 1.28. The normalized spacial score (nSPS) is 11.8. The highest BCUT2D eigenvalue weighted by atomic mass is 35.5. The first-order valence-electron chi connectivity index (χ1n) is 4.59. The summed E-state index contributed by atoms with van der Waals surface area (Å²) in [6.07, 6.45) is 0.527. The summed E-state index contributed by atoms with van der Waals surface area (Å²) in [7, 11) is 1.05. The number of carbonyl (C=O) groups is 1. The maximum atomic E-state index is 13.0. The summed E-state index contributed by atoms with van der Waals surface area (Å²) in [5, 5.41) is 16.4. The van der Waals surface area contributed by atoms with Crippen molar-refractivity contribution in [3.8, 4) is 0 Å². The van der Waals surface area contributed by atoms with E-state index in [1.165, 1.54) is 0 Å². The topological polar surface area (TPSA) is 70.4 Å². The fraction of sp³-hybridized carbons (Fsp3) is 0.0909. The van der Waals surface area contributed by atoms with Crippen molar-refractivity contribution >= 4 is 29.5 Å². The minimum atomic E-state index is -1.24. The number of nitrogens with one attached hydrogen (secondary N) is 1. The van der Waals surface area contributed by atoms with Crippen LogP contribution in [0.15, 0.2) is 17.7 Å². The van der Waals surface area contributed by atoms with E-state index in [0.29, 0.717) is 18.3 Å². The van der Waals surface area contributed by atoms with Crippen LogP contribution in [0, 0.1) is 17.0 Å². The lowest BCUT2D eigenvalue weighted by atomic mass is 10.1. The lowest BCUT2D eigenvalue weighted by Crippen LogP contribution is -2.09. The van der Waals surface area contributed by atoms with Gasteiger partial charge in [0, 0.05) is 11.8 Å². The van der Waals surface area contributed by atoms with E-state index in [0.717, 1.165) is 7.11 Å². The number of halogens is 3. The third-order valence-electron chi connectivity index (χ3n) is 2.07. The van der Waals surface area contributed by atoms with Gasteiger partial charge in [0.05, 0.1) is 12.1 Å². The Morgan fingerprint density at radius 3 is 2.50 bits per heavy atom. The molecule has 0 aliphatic rings. The highest BCUT2D eigenvalue weighted by molar-refractivity contribution is 6.32. The van der Waals surface area contributed by atoms with Gasteiger partial charge in [-0.25, -0.2) is 13.6 Å². The first kappa shape index (κ1) is 14.1. The molecule has 0 unspecified atom stereocenters. The summed E-state index contributed by atoms with van der Waals surface area (Å²) in [5.41, 5.74) is -0.829. The van der Waals surface area contributed by atoms with Crippen LogP contribution < -0.4 is 0 Å². The molecule has 96 valence electrons. The molecule has 0 aromatic heterocycles. The molecule has 0 aliphatic carbocycles. The van der Waals surface area contributed by atoms with Gasteiger partial charge in [-0.2, -0.15) is 0 Å². The molecule has 0 saturated heterocycles. The van der Waals surface area contributed by atoms with Crippen molar-refractivity contribution in [2.75, 3.05) is 7.11 Å². The van der Waals surface area contributed by atoms with E-state index in [1.807, 2.05) is 0 Å². The number of aliphatic hydroxyl groups excluding tert-OH is 1. The molecule has 0 atom stereocenters. The second-order valence-corrected chi connectivity index (χ2v) is 3.55. The third-order valence-corrected chi connectivity index (χ3v) is 2.38. The van der Waals surface area contributed by atoms with Crippen LogP contribution in [-0.4, -0.2) is 24.4 Å². The van der Waals surface area contributed by atoms with Crippen molar-refractivity contribution < 1.29 is 23.4 Å². The van der Waals surface area contributed by atoms with Crippen LogP contribution in [0.2, 0.25) is 5.02 Å². The number of ether oxygens (including phenoxy) is 1. The second-order valence-electron chi connectivity index (χ2n) is 3.14. The number of benzene rings is 1. The van der Waals surface area contributed by atoms with Crippen LogP contribution in [0.25, 0.3) is 5.76 Å². The molecule has 0 spiro atoms. The summed E-state index contributed by atoms with van der Waals surface area (Å²) in [6.45, 7) is 0. The minimum absolute atomic E-state index is 0.297. The van der Waals surface area contributed by atoms with E-state index in [9.17, 15) is 18.7 Å². The SMILES string of the molecule is COC(=O)C(C=N)=C(O)c1cc(F)c(F)cc1Cl. The van der Waals surface area contributed by atoms with Crippen molar-refractivity contribution in [2.45, 2.75) is 0 Å². The van der Waals surface area contributed by atoms with Gasteiger partial charge < -0.3 is 15.3 Å². The van der Waals surface area contributed by atoms with E-state index < -0.39 is 28.9 Å². The minimum Gasteiger partial charge on any atom is -0.506 e. The summed E-state index contributed by atoms with van der Waals surface area (Å²) < 4.78 is 30.2. The fourth-order valence-electron chi connectivity index (χ4n) is 1.18. The maximum absolute atomic E-state index is 13.0. The Morgan fingerprint density at radius 1 is 1.44 bits per heavy atom. The summed E-state index contributed by atoms with van der Waals surface area (Å²) in [4.78, 5) is 11.2. The van der Waals surface area contributed by atoms with Gasteiger partial charge in [0.15, 0.2) is 11.6 Å². The quantitative estimate of drug-likeness (QED) is 0.293. The third kappa shape index (κ3) is 2.65. The molecule has 1 rings (SSSR count). The number of hydrogen-bond donors (Lipinski definition) is 2. The second kappa shape index (κ2) is 5.59. The molecule has 0 fully saturated rings. The van der Waals surface area contributed by atoms with Crippen molar-refractivity contribution in [1.29, 1.82) is 5.41 Å². The van der Waals surface area contributed by atoms with Gasteiger partial charge in [-0.3, -0.25) is 0 Å². The van der Waals surface area contributed by atoms with Gasteiger partial charge in [-0.1, -0.05) is 11.6 Å². The monoisotopic (exact) mass is 275 g/mol. The standard InChI is InChI=1S/C11H8ClF2NO3/c1-18-11(17)6(4-15)10(16)5-2-8(13)9(14)3-7(5)12/h2-4,15-16H,1H3. The first-order valence-corrected chi connectivity index (χ1v) is 4.97. The molecule has 1 aromatic carbocycles. The van der Waals surface area contributed by atoms with Crippen LogP contribution in [-0.2, 0) is 9.53 Å². The van der Waals surface area contributed by atoms with Gasteiger partial charge in [0.1, 0.15) is 11.3 Å². The molecule has 0 radical (unpaired) electrons. The van der Waals surface area contributed by atoms with Crippen molar-refractivity contribution in [1.82, 2.24) is 0 Å². The smallest absolute Gasteiger partial charge is 0.343 e. The van der Waals surface area contributed by atoms with E-state index in [1.54, 1.807) is 0 Å². The molecule has 0 bridgehead atoms. The zero-order valence-corrected chi connectivity index (χ0v) is 9.89. The van der Waals surface area contributed by atoms with Crippen molar-refractivity contribution in [3.05, 3.63) is 39.9 Å². The average Bonchev–Trinajstić information content (AvgIpc) is 2.34. The van der Waals surface area contributed by atoms with Gasteiger partial charge in [-0.05, 0) is 12.1 Å². The molecule has 0 saturated carbocycles. The molecular formula is C11H8ClF2NO3. The molecule has 18 heavy (non-hydrogen) atoms. The number of methoxy groups -OCH3 is 1. The molecular weight excluding hydrogens is 268 g/mol. The molecule has 2 N–H and O–H groups in total. The summed E-state index contributed by atoms with van der Waals surface area (Å²) >= 11 is 5.62. The lowest BCUT2D eigenvalue weighted by molar-refractivity contribution is -0.135. The van der Waals surface area contributed by atoms with Crippen LogP contribution in [0.4, 0.5) is 8.78 Å². The van der Waals surface area contributed by atoms with E-state index >= 15 is 0 Å². The van der Waals surface area contributed by atoms with Crippen LogP contribution in [0.3, 0.4) is 0 Å². The zero-order valence-electron chi connectivity index (χ0n) is 9.13. The molecule has 0 amide bonds. The van der Waals surface area contributed by atoms with Crippen LogP contribution >= 0.6 is 11.6 Å². The Kier molecular flexibility index (Phi) is 4.38. The Balaban J connectivity index is 3.45. The predicted molar refractivity (Wildman–Crippen MR) is 61.7 cm³/mol. The van der Waals surface area contributed by atoms with Crippen molar-refractivity contribution in [3.63, 3.8) is 0 Å². The Labute approximate surface area is 106 Å². The Bertz CT molecular complexity index is 543. The number of hydrogen-bond acceptors (Lipinski definition) is 4. The largest absolute Gasteiger partial charge is 0.506 e. The first-order chi connectivity index (χ1) is 8.42. The van der Waals surface area contributed by atoms with Gasteiger partial charge in [0.2, 0.25) is 0 Å². The molecule has 1 aromatic rings. The molecule has 0 aliphatic heterocycles. The number of carbonyl (C=O) groups excluding carboxylic acids is 1. The van der Waals surface area contributed by atoms with E-state index in [4.69, 9.17) is 17.0 Å². The van der Waals surface area contributed by atoms with Crippen molar-refractivity contribution in [2.24, 2.45) is 0 Å². The van der Waals surface area contributed by atoms with Crippen LogP contribution in [0.1, 0.15) is 5.56 Å². The zero-order chi connectivity index (χ0) is 13.9. The van der Waals surface area contributed by atoms with E-state index in [-0.39, 0.29) is 10.6 Å². The Morgan fingerprint density at radius 2 is 2.00 bits per heavy atom. The molecule has 7 heteroatoms. The highest BCUT2D eigenvalue weighted by Crippen LogP contribution is 2.27. The molecule has 4 nitrogen and oxygen atoms in total. The highest BCUT2D eigenvalue weighted by Gasteiger charge is 2.19. The average molecular weight is 276 g/mol. The fourth-order valence-corrected chi connectivity index (χ4v) is 1.42. The number of rotatable bonds is 3. The van der Waals surface area contributed by atoms with Gasteiger partial charge in [-0.15, -0.1) is 0 Å². The number of esters is 1. The van der Waals surface area contributed by atoms with Crippen LogP contribution in [0.5, 0.6) is 0 Å². The molecule has 0 heterocycles. The number of aliphatic hydroxyl groups is 1. The predicted octanol–water partition coefficient (Wildman–Crippen LogP) is 2.71. The summed E-state index contributed by atoms with van der Waals surface area (Å²) in [5.74, 6) is -4.19. The van der Waals surface area contributed by atoms with E-state index in [2.05, 4.69) is 4.74 Å². The van der Waals surface area contributed by atoms with Gasteiger partial charge in [0.25, 0.3) is 0 Å². The lowest BCUT2D eigenvalue weighted by Gasteiger charge is -2.07.